The highest BCUT2D eigenvalue weighted by Gasteiger charge is 2.55. The number of carbonyl (C=O) groups is 2. The number of aryl methyl sites for hydroxylation is 1. The van der Waals surface area contributed by atoms with Crippen molar-refractivity contribution in [2.75, 3.05) is 0 Å². The van der Waals surface area contributed by atoms with Gasteiger partial charge in [0.1, 0.15) is 5.69 Å². The van der Waals surface area contributed by atoms with Gasteiger partial charge in [-0.05, 0) is 31.0 Å². The molecule has 108 valence electrons. The van der Waals surface area contributed by atoms with Gasteiger partial charge in [-0.3, -0.25) is 0 Å². The molecular formula is C15H14N2O4. The van der Waals surface area contributed by atoms with E-state index in [9.17, 15) is 9.59 Å². The second-order valence-corrected chi connectivity index (χ2v) is 5.73. The van der Waals surface area contributed by atoms with Crippen LogP contribution in [0.25, 0.3) is 10.9 Å². The van der Waals surface area contributed by atoms with Gasteiger partial charge in [0.15, 0.2) is 0 Å². The minimum absolute atomic E-state index is 0.240. The first-order valence-corrected chi connectivity index (χ1v) is 6.82. The first-order chi connectivity index (χ1) is 9.98. The molecule has 1 aliphatic carbocycles. The van der Waals surface area contributed by atoms with Gasteiger partial charge in [-0.1, -0.05) is 11.6 Å². The molecule has 1 aliphatic heterocycles. The third kappa shape index (κ3) is 1.62. The van der Waals surface area contributed by atoms with Gasteiger partial charge in [0, 0.05) is 23.4 Å². The number of hydrogen-bond acceptors (Lipinski definition) is 5. The van der Waals surface area contributed by atoms with Crippen molar-refractivity contribution in [1.29, 1.82) is 0 Å². The van der Waals surface area contributed by atoms with Crippen LogP contribution >= 0.6 is 0 Å². The van der Waals surface area contributed by atoms with Crippen molar-refractivity contribution in [3.8, 4) is 0 Å². The minimum atomic E-state index is -1.39. The molecule has 2 aromatic rings. The highest BCUT2D eigenvalue weighted by Crippen LogP contribution is 2.44. The summed E-state index contributed by atoms with van der Waals surface area (Å²) in [6.45, 7) is 2.01. The van der Waals surface area contributed by atoms with Crippen LogP contribution in [0.3, 0.4) is 0 Å². The number of H-pyrrole nitrogens is 1. The lowest BCUT2D eigenvalue weighted by Gasteiger charge is -2.32. The molecule has 0 bridgehead atoms. The van der Waals surface area contributed by atoms with Gasteiger partial charge >= 0.3 is 17.7 Å². The van der Waals surface area contributed by atoms with Crippen molar-refractivity contribution in [2.24, 2.45) is 5.73 Å². The number of carbonyl (C=O) groups excluding carboxylic acids is 2. The second-order valence-electron chi connectivity index (χ2n) is 5.73. The Morgan fingerprint density at radius 3 is 2.71 bits per heavy atom. The highest BCUT2D eigenvalue weighted by molar-refractivity contribution is 6.31. The Labute approximate surface area is 120 Å². The molecule has 6 nitrogen and oxygen atoms in total. The molecule has 1 atom stereocenters. The van der Waals surface area contributed by atoms with Crippen molar-refractivity contribution >= 4 is 22.8 Å². The number of aromatic nitrogens is 1. The van der Waals surface area contributed by atoms with E-state index in [0.717, 1.165) is 22.0 Å². The Morgan fingerprint density at radius 2 is 2.00 bits per heavy atom. The number of hydrogen-bond donors (Lipinski definition) is 2. The predicted molar refractivity (Wildman–Crippen MR) is 73.2 cm³/mol. The van der Waals surface area contributed by atoms with E-state index in [2.05, 4.69) is 11.1 Å². The maximum absolute atomic E-state index is 11.5. The largest absolute Gasteiger partial charge is 0.421 e. The molecule has 1 spiro atoms. The maximum Gasteiger partial charge on any atom is 0.421 e. The Hall–Kier alpha value is -2.34. The summed E-state index contributed by atoms with van der Waals surface area (Å²) in [6.07, 6.45) is 0.916. The van der Waals surface area contributed by atoms with Crippen LogP contribution in [0.15, 0.2) is 18.2 Å². The Balaban J connectivity index is 1.97. The number of aromatic amines is 1. The predicted octanol–water partition coefficient (Wildman–Crippen LogP) is 1.00. The number of nitrogens with two attached hydrogens (primary N) is 1. The Kier molecular flexibility index (Phi) is 2.28. The van der Waals surface area contributed by atoms with E-state index in [0.29, 0.717) is 12.1 Å². The molecular weight excluding hydrogens is 272 g/mol. The van der Waals surface area contributed by atoms with Crippen LogP contribution in [0, 0.1) is 6.92 Å². The zero-order chi connectivity index (χ0) is 14.8. The van der Waals surface area contributed by atoms with Gasteiger partial charge in [0.2, 0.25) is 0 Å². The first-order valence-electron chi connectivity index (χ1n) is 6.82. The van der Waals surface area contributed by atoms with E-state index in [-0.39, 0.29) is 12.5 Å². The fourth-order valence-electron chi connectivity index (χ4n) is 3.27. The van der Waals surface area contributed by atoms with Crippen LogP contribution < -0.4 is 5.73 Å². The summed E-state index contributed by atoms with van der Waals surface area (Å²) < 4.78 is 10.5. The molecule has 1 saturated heterocycles. The summed E-state index contributed by atoms with van der Waals surface area (Å²) in [4.78, 5) is 26.2. The summed E-state index contributed by atoms with van der Waals surface area (Å²) in [6, 6.07) is 5.76. The van der Waals surface area contributed by atoms with E-state index in [1.54, 1.807) is 0 Å². The normalized spacial score (nSPS) is 23.2. The molecule has 1 aromatic heterocycles. The number of nitrogens with one attached hydrogen (secondary N) is 1. The molecule has 0 radical (unpaired) electrons. The van der Waals surface area contributed by atoms with E-state index in [4.69, 9.17) is 15.2 Å². The molecule has 0 amide bonds. The monoisotopic (exact) mass is 286 g/mol. The van der Waals surface area contributed by atoms with Crippen molar-refractivity contribution in [3.63, 3.8) is 0 Å². The van der Waals surface area contributed by atoms with Gasteiger partial charge in [-0.15, -0.1) is 0 Å². The topological polar surface area (TPSA) is 94.4 Å². The zero-order valence-electron chi connectivity index (χ0n) is 11.4. The number of esters is 2. The van der Waals surface area contributed by atoms with Gasteiger partial charge in [-0.25, -0.2) is 9.59 Å². The summed E-state index contributed by atoms with van der Waals surface area (Å²) in [5, 5.41) is 1.03. The average molecular weight is 286 g/mol. The van der Waals surface area contributed by atoms with Crippen molar-refractivity contribution in [2.45, 2.75) is 31.6 Å². The summed E-state index contributed by atoms with van der Waals surface area (Å²) in [5.74, 6) is -3.33. The van der Waals surface area contributed by atoms with E-state index < -0.39 is 17.7 Å². The minimum Gasteiger partial charge on any atom is -0.408 e. The maximum atomic E-state index is 11.5. The Morgan fingerprint density at radius 1 is 1.29 bits per heavy atom. The Bertz CT molecular complexity index is 776. The third-order valence-electron chi connectivity index (χ3n) is 4.12. The molecule has 2 heterocycles. The first kappa shape index (κ1) is 12.4. The fourth-order valence-corrected chi connectivity index (χ4v) is 3.27. The molecule has 1 fully saturated rings. The summed E-state index contributed by atoms with van der Waals surface area (Å²) in [7, 11) is 0. The molecule has 2 aliphatic rings. The smallest absolute Gasteiger partial charge is 0.408 e. The van der Waals surface area contributed by atoms with E-state index in [1.165, 1.54) is 0 Å². The molecule has 1 aromatic carbocycles. The van der Waals surface area contributed by atoms with Gasteiger partial charge in [0.05, 0.1) is 0 Å². The average Bonchev–Trinajstić information content (AvgIpc) is 2.90. The fraction of sp³-hybridized carbons (Fsp3) is 0.333. The lowest BCUT2D eigenvalue weighted by atomic mass is 9.87. The zero-order valence-corrected chi connectivity index (χ0v) is 11.4. The van der Waals surface area contributed by atoms with E-state index >= 15 is 0 Å². The number of benzene rings is 1. The number of fused-ring (bicyclic) bond motifs is 4. The third-order valence-corrected chi connectivity index (χ3v) is 4.12. The lowest BCUT2D eigenvalue weighted by Crippen LogP contribution is -2.42. The van der Waals surface area contributed by atoms with Crippen molar-refractivity contribution in [3.05, 3.63) is 35.0 Å². The van der Waals surface area contributed by atoms with Crippen LogP contribution in [0.2, 0.25) is 0 Å². The molecule has 6 heteroatoms. The summed E-state index contributed by atoms with van der Waals surface area (Å²) in [5.41, 5.74) is 9.71. The quantitative estimate of drug-likeness (QED) is 0.556. The van der Waals surface area contributed by atoms with Crippen molar-refractivity contribution < 1.29 is 19.1 Å². The van der Waals surface area contributed by atoms with Gasteiger partial charge < -0.3 is 20.2 Å². The standard InChI is InChI=1S/C15H14N2O4/c1-7-2-3-11-9(4-7)10-5-8(16)6-15(12(10)17-11)20-13(18)14(19)21-15/h2-4,8,17H,5-6,16H2,1H3. The molecule has 3 N–H and O–H groups in total. The second kappa shape index (κ2) is 3.85. The lowest BCUT2D eigenvalue weighted by molar-refractivity contribution is -0.192. The molecule has 4 rings (SSSR count). The van der Waals surface area contributed by atoms with Gasteiger partial charge in [-0.2, -0.15) is 0 Å². The number of rotatable bonds is 0. The van der Waals surface area contributed by atoms with Crippen LogP contribution in [0.4, 0.5) is 0 Å². The molecule has 0 saturated carbocycles. The van der Waals surface area contributed by atoms with Crippen LogP contribution in [-0.4, -0.2) is 23.0 Å². The number of ether oxygens (including phenoxy) is 2. The van der Waals surface area contributed by atoms with E-state index in [1.807, 2.05) is 19.1 Å². The molecule has 1 unspecified atom stereocenters. The summed E-state index contributed by atoms with van der Waals surface area (Å²) >= 11 is 0. The van der Waals surface area contributed by atoms with Crippen LogP contribution in [0.5, 0.6) is 0 Å². The molecule has 21 heavy (non-hydrogen) atoms. The van der Waals surface area contributed by atoms with Gasteiger partial charge in [0.25, 0.3) is 0 Å². The SMILES string of the molecule is Cc1ccc2[nH]c3c(c2c1)CC(N)CC31OC(=O)C(=O)O1. The van der Waals surface area contributed by atoms with Crippen LogP contribution in [0.1, 0.15) is 23.2 Å². The van der Waals surface area contributed by atoms with Crippen LogP contribution in [-0.2, 0) is 31.3 Å². The van der Waals surface area contributed by atoms with Crippen molar-refractivity contribution in [1.82, 2.24) is 4.98 Å². The highest BCUT2D eigenvalue weighted by atomic mass is 16.8.